The highest BCUT2D eigenvalue weighted by Gasteiger charge is 2.31. The molecule has 3 aromatic rings. The Bertz CT molecular complexity index is 1240. The first-order chi connectivity index (χ1) is 17.4. The van der Waals surface area contributed by atoms with Gasteiger partial charge >= 0.3 is 0 Å². The van der Waals surface area contributed by atoms with Gasteiger partial charge in [-0.05, 0) is 74.4 Å². The lowest BCUT2D eigenvalue weighted by Gasteiger charge is -2.32. The standard InChI is InChI=1S/C28H36N4O4.ClH/c1-5-32(28(34)23(29)13-20-16-30-24-9-7-6-8-22(20)24)17(2)27(33)31-21-11-10-18-14-25(35-3)26(36-4)15-19(18)12-21;/h6-9,14-17,21,23,30H,5,10-13,29H2,1-4H3,(H,31,33);1H/t17-,21?,23-;/m0./s1. The molecule has 4 rings (SSSR count). The highest BCUT2D eigenvalue weighted by molar-refractivity contribution is 5.90. The molecule has 0 aliphatic heterocycles. The van der Waals surface area contributed by atoms with Crippen LogP contribution in [0.2, 0.25) is 0 Å². The summed E-state index contributed by atoms with van der Waals surface area (Å²) in [5.41, 5.74) is 10.7. The van der Waals surface area contributed by atoms with Crippen LogP contribution in [-0.4, -0.2) is 60.6 Å². The molecule has 0 radical (unpaired) electrons. The highest BCUT2D eigenvalue weighted by Crippen LogP contribution is 2.34. The van der Waals surface area contributed by atoms with E-state index in [2.05, 4.69) is 10.3 Å². The summed E-state index contributed by atoms with van der Waals surface area (Å²) >= 11 is 0. The molecule has 1 aliphatic rings. The molecule has 1 heterocycles. The number of nitrogens with two attached hydrogens (primary N) is 1. The number of aromatic amines is 1. The van der Waals surface area contributed by atoms with Crippen LogP contribution in [0.5, 0.6) is 11.5 Å². The van der Waals surface area contributed by atoms with Crippen LogP contribution >= 0.6 is 12.4 Å². The molecule has 1 aliphatic carbocycles. The number of aromatic nitrogens is 1. The predicted octanol–water partition coefficient (Wildman–Crippen LogP) is 3.39. The lowest BCUT2D eigenvalue weighted by Crippen LogP contribution is -2.55. The van der Waals surface area contributed by atoms with Gasteiger partial charge in [0.2, 0.25) is 11.8 Å². The number of rotatable bonds is 9. The number of nitrogens with one attached hydrogen (secondary N) is 2. The van der Waals surface area contributed by atoms with Gasteiger partial charge in [0, 0.05) is 29.7 Å². The smallest absolute Gasteiger partial charge is 0.242 e. The zero-order valence-electron chi connectivity index (χ0n) is 21.9. The summed E-state index contributed by atoms with van der Waals surface area (Å²) in [4.78, 5) is 31.2. The largest absolute Gasteiger partial charge is 0.493 e. The second-order valence-corrected chi connectivity index (χ2v) is 9.39. The number of carbonyl (C=O) groups excluding carboxylic acids is 2. The van der Waals surface area contributed by atoms with Crippen molar-refractivity contribution in [2.45, 2.75) is 57.7 Å². The second kappa shape index (κ2) is 12.3. The van der Waals surface area contributed by atoms with Crippen LogP contribution in [0.3, 0.4) is 0 Å². The van der Waals surface area contributed by atoms with Gasteiger partial charge in [-0.2, -0.15) is 0 Å². The summed E-state index contributed by atoms with van der Waals surface area (Å²) in [5.74, 6) is 1.01. The number of carbonyl (C=O) groups is 2. The second-order valence-electron chi connectivity index (χ2n) is 9.39. The first-order valence-corrected chi connectivity index (χ1v) is 12.5. The topological polar surface area (TPSA) is 110 Å². The van der Waals surface area contributed by atoms with Crippen molar-refractivity contribution in [1.82, 2.24) is 15.2 Å². The van der Waals surface area contributed by atoms with E-state index in [4.69, 9.17) is 15.2 Å². The summed E-state index contributed by atoms with van der Waals surface area (Å²) in [6, 6.07) is 10.6. The number of fused-ring (bicyclic) bond motifs is 2. The zero-order valence-corrected chi connectivity index (χ0v) is 22.7. The summed E-state index contributed by atoms with van der Waals surface area (Å²) in [7, 11) is 3.25. The van der Waals surface area contributed by atoms with Gasteiger partial charge < -0.3 is 30.4 Å². The molecule has 8 nitrogen and oxygen atoms in total. The summed E-state index contributed by atoms with van der Waals surface area (Å²) in [6.07, 6.45) is 4.66. The van der Waals surface area contributed by atoms with Gasteiger partial charge in [0.25, 0.3) is 0 Å². The average Bonchev–Trinajstić information content (AvgIpc) is 3.30. The molecule has 0 saturated carbocycles. The summed E-state index contributed by atoms with van der Waals surface area (Å²) in [5, 5.41) is 4.21. The Hall–Kier alpha value is -3.23. The molecule has 9 heteroatoms. The van der Waals surface area contributed by atoms with Gasteiger partial charge in [-0.15, -0.1) is 12.4 Å². The van der Waals surface area contributed by atoms with Gasteiger partial charge in [-0.3, -0.25) is 9.59 Å². The average molecular weight is 529 g/mol. The Balaban J connectivity index is 0.00000380. The number of para-hydroxylation sites is 1. The van der Waals surface area contributed by atoms with Crippen LogP contribution in [0.1, 0.15) is 37.0 Å². The fraction of sp³-hybridized carbons (Fsp3) is 0.429. The number of benzene rings is 2. The number of halogens is 1. The number of hydrogen-bond acceptors (Lipinski definition) is 5. The van der Waals surface area contributed by atoms with Crippen LogP contribution in [-0.2, 0) is 28.9 Å². The fourth-order valence-corrected chi connectivity index (χ4v) is 5.13. The zero-order chi connectivity index (χ0) is 25.8. The first kappa shape index (κ1) is 28.3. The molecular weight excluding hydrogens is 492 g/mol. The van der Waals surface area contributed by atoms with Crippen molar-refractivity contribution < 1.29 is 19.1 Å². The maximum absolute atomic E-state index is 13.3. The lowest BCUT2D eigenvalue weighted by molar-refractivity contribution is -0.141. The van der Waals surface area contributed by atoms with Crippen molar-refractivity contribution in [1.29, 1.82) is 0 Å². The minimum absolute atomic E-state index is 0. The number of H-pyrrole nitrogens is 1. The van der Waals surface area contributed by atoms with Crippen molar-refractivity contribution in [3.05, 3.63) is 59.3 Å². The van der Waals surface area contributed by atoms with Gasteiger partial charge in [0.15, 0.2) is 11.5 Å². The van der Waals surface area contributed by atoms with E-state index < -0.39 is 12.1 Å². The number of aryl methyl sites for hydroxylation is 1. The van der Waals surface area contributed by atoms with Crippen molar-refractivity contribution in [2.75, 3.05) is 20.8 Å². The molecule has 1 aromatic heterocycles. The van der Waals surface area contributed by atoms with E-state index in [1.165, 1.54) is 5.56 Å². The summed E-state index contributed by atoms with van der Waals surface area (Å²) < 4.78 is 10.9. The van der Waals surface area contributed by atoms with E-state index in [0.29, 0.717) is 30.9 Å². The number of nitrogens with zero attached hydrogens (tertiary/aromatic N) is 1. The Morgan fingerprint density at radius 2 is 1.84 bits per heavy atom. The Labute approximate surface area is 224 Å². The third-order valence-electron chi connectivity index (χ3n) is 7.18. The molecule has 0 fully saturated rings. The van der Waals surface area contributed by atoms with E-state index in [1.807, 2.05) is 49.5 Å². The van der Waals surface area contributed by atoms with Crippen LogP contribution in [0.25, 0.3) is 10.9 Å². The van der Waals surface area contributed by atoms with E-state index in [1.54, 1.807) is 26.0 Å². The molecule has 2 aromatic carbocycles. The Kier molecular flexibility index (Phi) is 9.45. The van der Waals surface area contributed by atoms with Gasteiger partial charge in [-0.1, -0.05) is 18.2 Å². The van der Waals surface area contributed by atoms with E-state index in [-0.39, 0.29) is 30.3 Å². The molecule has 2 amide bonds. The Morgan fingerprint density at radius 1 is 1.16 bits per heavy atom. The van der Waals surface area contributed by atoms with Crippen molar-refractivity contribution in [3.8, 4) is 11.5 Å². The molecule has 200 valence electrons. The Morgan fingerprint density at radius 3 is 2.51 bits per heavy atom. The van der Waals surface area contributed by atoms with Crippen molar-refractivity contribution in [3.63, 3.8) is 0 Å². The quantitative estimate of drug-likeness (QED) is 0.394. The molecule has 37 heavy (non-hydrogen) atoms. The van der Waals surface area contributed by atoms with Gasteiger partial charge in [0.1, 0.15) is 6.04 Å². The van der Waals surface area contributed by atoms with Crippen LogP contribution < -0.4 is 20.5 Å². The number of likely N-dealkylation sites (N-methyl/N-ethyl adjacent to an activating group) is 1. The normalized spacial score (nSPS) is 16.2. The van der Waals surface area contributed by atoms with Crippen LogP contribution in [0.4, 0.5) is 0 Å². The maximum Gasteiger partial charge on any atom is 0.242 e. The van der Waals surface area contributed by atoms with E-state index in [9.17, 15) is 9.59 Å². The predicted molar refractivity (Wildman–Crippen MR) is 148 cm³/mol. The molecule has 0 bridgehead atoms. The monoisotopic (exact) mass is 528 g/mol. The van der Waals surface area contributed by atoms with Gasteiger partial charge in [-0.25, -0.2) is 0 Å². The highest BCUT2D eigenvalue weighted by atomic mass is 35.5. The van der Waals surface area contributed by atoms with Crippen LogP contribution in [0, 0.1) is 0 Å². The van der Waals surface area contributed by atoms with E-state index >= 15 is 0 Å². The van der Waals surface area contributed by atoms with Gasteiger partial charge in [0.05, 0.1) is 20.3 Å². The molecule has 0 saturated heterocycles. The van der Waals surface area contributed by atoms with E-state index in [0.717, 1.165) is 34.9 Å². The minimum atomic E-state index is -0.733. The molecule has 1 unspecified atom stereocenters. The van der Waals surface area contributed by atoms with Crippen molar-refractivity contribution in [2.24, 2.45) is 5.73 Å². The number of ether oxygens (including phenoxy) is 2. The number of methoxy groups -OCH3 is 2. The molecule has 0 spiro atoms. The molecule has 4 N–H and O–H groups in total. The van der Waals surface area contributed by atoms with Crippen LogP contribution in [0.15, 0.2) is 42.6 Å². The SMILES string of the molecule is CCN(C(=O)[C@@H](N)Cc1c[nH]c2ccccc12)[C@@H](C)C(=O)NC1CCc2cc(OC)c(OC)cc2C1.Cl. The third-order valence-corrected chi connectivity index (χ3v) is 7.18. The minimum Gasteiger partial charge on any atom is -0.493 e. The first-order valence-electron chi connectivity index (χ1n) is 12.5. The number of hydrogen-bond donors (Lipinski definition) is 3. The summed E-state index contributed by atoms with van der Waals surface area (Å²) in [6.45, 7) is 4.04. The number of amides is 2. The molecular formula is C28H37ClN4O4. The fourth-order valence-electron chi connectivity index (χ4n) is 5.13. The third kappa shape index (κ3) is 6.02. The molecule has 3 atom stereocenters. The lowest BCUT2D eigenvalue weighted by atomic mass is 9.87. The van der Waals surface area contributed by atoms with Crippen molar-refractivity contribution >= 4 is 35.1 Å². The maximum atomic E-state index is 13.3.